The summed E-state index contributed by atoms with van der Waals surface area (Å²) in [6, 6.07) is 21.8. The van der Waals surface area contributed by atoms with Crippen molar-refractivity contribution in [3.8, 4) is 11.5 Å². The van der Waals surface area contributed by atoms with Gasteiger partial charge in [-0.05, 0) is 47.9 Å². The first kappa shape index (κ1) is 28.2. The van der Waals surface area contributed by atoms with Crippen LogP contribution in [0.5, 0.6) is 0 Å². The van der Waals surface area contributed by atoms with Crippen molar-refractivity contribution < 1.29 is 14.0 Å². The average molecular weight is 552 g/mol. The summed E-state index contributed by atoms with van der Waals surface area (Å²) in [4.78, 5) is 29.6. The third kappa shape index (κ3) is 6.88. The van der Waals surface area contributed by atoms with Crippen LogP contribution in [0.4, 0.5) is 0 Å². The fraction of sp³-hybridized carbons (Fsp3) is 0.364. The van der Waals surface area contributed by atoms with Crippen LogP contribution in [-0.2, 0) is 22.6 Å². The van der Waals surface area contributed by atoms with Gasteiger partial charge in [0.05, 0.1) is 11.0 Å². The molecule has 2 heterocycles. The van der Waals surface area contributed by atoms with Gasteiger partial charge in [0.15, 0.2) is 0 Å². The minimum atomic E-state index is -0.406. The number of benzene rings is 3. The SMILES string of the molecule is CCC(=O)CCCCC[C@H](NC(=O)CCn1c(CC)nc2ccccc21)c1nnc(-c2ccc3ccccc3c2)o1. The Bertz CT molecular complexity index is 1640. The molecule has 0 saturated heterocycles. The molecule has 0 radical (unpaired) electrons. The van der Waals surface area contributed by atoms with E-state index >= 15 is 0 Å². The van der Waals surface area contributed by atoms with E-state index in [1.54, 1.807) is 0 Å². The van der Waals surface area contributed by atoms with E-state index < -0.39 is 6.04 Å². The van der Waals surface area contributed by atoms with Crippen molar-refractivity contribution in [3.63, 3.8) is 0 Å². The van der Waals surface area contributed by atoms with Crippen LogP contribution in [0.3, 0.4) is 0 Å². The van der Waals surface area contributed by atoms with Gasteiger partial charge in [-0.25, -0.2) is 4.98 Å². The van der Waals surface area contributed by atoms with E-state index in [-0.39, 0.29) is 11.7 Å². The second-order valence-corrected chi connectivity index (χ2v) is 10.4. The number of hydrogen-bond acceptors (Lipinski definition) is 6. The number of fused-ring (bicyclic) bond motifs is 2. The highest BCUT2D eigenvalue weighted by molar-refractivity contribution is 5.86. The number of rotatable bonds is 14. The first-order valence-electron chi connectivity index (χ1n) is 14.6. The number of carbonyl (C=O) groups is 2. The molecule has 0 spiro atoms. The number of carbonyl (C=O) groups excluding carboxylic acids is 2. The molecule has 8 heteroatoms. The van der Waals surface area contributed by atoms with Gasteiger partial charge >= 0.3 is 0 Å². The van der Waals surface area contributed by atoms with Crippen molar-refractivity contribution in [1.82, 2.24) is 25.1 Å². The second kappa shape index (κ2) is 13.4. The lowest BCUT2D eigenvalue weighted by molar-refractivity contribution is -0.122. The summed E-state index contributed by atoms with van der Waals surface area (Å²) in [5.41, 5.74) is 2.81. The Labute approximate surface area is 240 Å². The second-order valence-electron chi connectivity index (χ2n) is 10.4. The third-order valence-electron chi connectivity index (χ3n) is 7.53. The van der Waals surface area contributed by atoms with Gasteiger partial charge < -0.3 is 14.3 Å². The third-order valence-corrected chi connectivity index (χ3v) is 7.53. The van der Waals surface area contributed by atoms with Crippen LogP contribution in [0, 0.1) is 0 Å². The molecule has 212 valence electrons. The molecule has 3 aromatic carbocycles. The molecule has 1 atom stereocenters. The lowest BCUT2D eigenvalue weighted by atomic mass is 10.0. The van der Waals surface area contributed by atoms with E-state index in [0.717, 1.165) is 58.9 Å². The summed E-state index contributed by atoms with van der Waals surface area (Å²) in [5.74, 6) is 1.99. The maximum absolute atomic E-state index is 13.2. The Hall–Kier alpha value is -4.33. The zero-order valence-electron chi connectivity index (χ0n) is 23.8. The number of imidazole rings is 1. The number of aryl methyl sites for hydroxylation is 2. The van der Waals surface area contributed by atoms with Crippen LogP contribution in [0.15, 0.2) is 71.1 Å². The molecule has 0 aliphatic rings. The van der Waals surface area contributed by atoms with Gasteiger partial charge in [-0.15, -0.1) is 10.2 Å². The van der Waals surface area contributed by atoms with Crippen molar-refractivity contribution in [2.24, 2.45) is 0 Å². The first-order chi connectivity index (χ1) is 20.1. The number of nitrogens with zero attached hydrogens (tertiary/aromatic N) is 4. The average Bonchev–Trinajstić information content (AvgIpc) is 3.64. The summed E-state index contributed by atoms with van der Waals surface area (Å²) in [6.45, 7) is 4.50. The normalized spacial score (nSPS) is 12.1. The van der Waals surface area contributed by atoms with Gasteiger partial charge in [-0.2, -0.15) is 0 Å². The maximum Gasteiger partial charge on any atom is 0.247 e. The number of unbranched alkanes of at least 4 members (excludes halogenated alkanes) is 2. The summed E-state index contributed by atoms with van der Waals surface area (Å²) in [6.07, 6.45) is 5.49. The minimum absolute atomic E-state index is 0.0820. The lowest BCUT2D eigenvalue weighted by Crippen LogP contribution is -2.29. The topological polar surface area (TPSA) is 103 Å². The molecule has 0 aliphatic carbocycles. The fourth-order valence-corrected chi connectivity index (χ4v) is 5.22. The van der Waals surface area contributed by atoms with Gasteiger partial charge in [0.1, 0.15) is 17.6 Å². The van der Waals surface area contributed by atoms with Crippen LogP contribution in [0.25, 0.3) is 33.3 Å². The van der Waals surface area contributed by atoms with Crippen LogP contribution < -0.4 is 5.32 Å². The standard InChI is InChI=1S/C33H37N5O3/c1-3-26(39)14-6-5-7-16-28(33-37-36-32(41-33)25-19-18-23-12-8-9-13-24(23)22-25)35-31(40)20-21-38-29-17-11-10-15-27(29)34-30(38)4-2/h8-13,15,17-19,22,28H,3-7,14,16,20-21H2,1-2H3,(H,35,40)/t28-/m0/s1. The molecule has 0 saturated carbocycles. The van der Waals surface area contributed by atoms with Crippen LogP contribution in [-0.4, -0.2) is 31.4 Å². The molecule has 5 aromatic rings. The predicted molar refractivity (Wildman–Crippen MR) is 160 cm³/mol. The number of para-hydroxylation sites is 2. The molecule has 0 bridgehead atoms. The van der Waals surface area contributed by atoms with Gasteiger partial charge in [0.2, 0.25) is 17.7 Å². The molecular formula is C33H37N5O3. The Balaban J connectivity index is 1.29. The lowest BCUT2D eigenvalue weighted by Gasteiger charge is -2.16. The van der Waals surface area contributed by atoms with E-state index in [4.69, 9.17) is 9.40 Å². The molecule has 8 nitrogen and oxygen atoms in total. The Morgan fingerprint density at radius 3 is 2.54 bits per heavy atom. The highest BCUT2D eigenvalue weighted by Gasteiger charge is 2.22. The molecular weight excluding hydrogens is 514 g/mol. The van der Waals surface area contributed by atoms with Gasteiger partial charge in [0.25, 0.3) is 0 Å². The van der Waals surface area contributed by atoms with Crippen molar-refractivity contribution in [1.29, 1.82) is 0 Å². The zero-order chi connectivity index (χ0) is 28.6. The number of aromatic nitrogens is 4. The molecule has 1 amide bonds. The van der Waals surface area contributed by atoms with E-state index in [1.165, 1.54) is 0 Å². The van der Waals surface area contributed by atoms with E-state index in [1.807, 2.05) is 61.5 Å². The van der Waals surface area contributed by atoms with Gasteiger partial charge in [0, 0.05) is 37.8 Å². The number of Topliss-reactive ketones (excluding diaryl/α,β-unsaturated/α-hetero) is 1. The van der Waals surface area contributed by atoms with Crippen molar-refractivity contribution in [2.45, 2.75) is 77.8 Å². The quantitative estimate of drug-likeness (QED) is 0.149. The summed E-state index contributed by atoms with van der Waals surface area (Å²) >= 11 is 0. The van der Waals surface area contributed by atoms with Crippen molar-refractivity contribution in [3.05, 3.63) is 78.4 Å². The van der Waals surface area contributed by atoms with Crippen molar-refractivity contribution in [2.75, 3.05) is 0 Å². The monoisotopic (exact) mass is 551 g/mol. The fourth-order valence-electron chi connectivity index (χ4n) is 5.22. The summed E-state index contributed by atoms with van der Waals surface area (Å²) in [7, 11) is 0. The molecule has 5 rings (SSSR count). The predicted octanol–water partition coefficient (Wildman–Crippen LogP) is 6.98. The number of ketones is 1. The number of hydrogen-bond donors (Lipinski definition) is 1. The van der Waals surface area contributed by atoms with E-state index in [0.29, 0.717) is 44.0 Å². The molecule has 1 N–H and O–H groups in total. The molecule has 0 aliphatic heterocycles. The molecule has 2 aromatic heterocycles. The minimum Gasteiger partial charge on any atom is -0.418 e. The Kier molecular flexibility index (Phi) is 9.19. The zero-order valence-corrected chi connectivity index (χ0v) is 23.8. The summed E-state index contributed by atoms with van der Waals surface area (Å²) in [5, 5.41) is 14.0. The Morgan fingerprint density at radius 2 is 1.71 bits per heavy atom. The molecule has 0 fully saturated rings. The van der Waals surface area contributed by atoms with E-state index in [9.17, 15) is 9.59 Å². The molecule has 41 heavy (non-hydrogen) atoms. The highest BCUT2D eigenvalue weighted by Crippen LogP contribution is 2.27. The van der Waals surface area contributed by atoms with Gasteiger partial charge in [-0.1, -0.05) is 69.2 Å². The largest absolute Gasteiger partial charge is 0.418 e. The van der Waals surface area contributed by atoms with Crippen molar-refractivity contribution >= 4 is 33.5 Å². The van der Waals surface area contributed by atoms with Gasteiger partial charge in [-0.3, -0.25) is 9.59 Å². The summed E-state index contributed by atoms with van der Waals surface area (Å²) < 4.78 is 8.26. The maximum atomic E-state index is 13.2. The number of amides is 1. The van der Waals surface area contributed by atoms with Crippen LogP contribution >= 0.6 is 0 Å². The van der Waals surface area contributed by atoms with Crippen LogP contribution in [0.1, 0.15) is 76.6 Å². The first-order valence-corrected chi connectivity index (χ1v) is 14.6. The number of nitrogens with one attached hydrogen (secondary N) is 1. The van der Waals surface area contributed by atoms with E-state index in [2.05, 4.69) is 39.1 Å². The Morgan fingerprint density at radius 1 is 0.902 bits per heavy atom. The van der Waals surface area contributed by atoms with Crippen LogP contribution in [0.2, 0.25) is 0 Å². The highest BCUT2D eigenvalue weighted by atomic mass is 16.4. The smallest absolute Gasteiger partial charge is 0.247 e. The molecule has 0 unspecified atom stereocenters.